The summed E-state index contributed by atoms with van der Waals surface area (Å²) in [7, 11) is 0. The lowest BCUT2D eigenvalue weighted by molar-refractivity contribution is -0.122. The van der Waals surface area contributed by atoms with E-state index >= 15 is 0 Å². The standard InChI is InChI=1S/C21H24ClN3O2/c22-18-5-3-16(4-6-18)14-21(11-8-20(27)25-21)10-7-19(26)24-13-9-17-2-1-12-23-15-17/h1-6,12,15H,7-11,13-14H2,(H,24,26)(H,25,27)/t21-/m1/s1. The lowest BCUT2D eigenvalue weighted by Gasteiger charge is -2.29. The molecule has 1 atom stereocenters. The first-order chi connectivity index (χ1) is 13.0. The molecule has 2 amide bonds. The number of halogens is 1. The number of pyridine rings is 1. The van der Waals surface area contributed by atoms with E-state index in [0.717, 1.165) is 24.0 Å². The second-order valence-electron chi connectivity index (χ2n) is 7.09. The average molecular weight is 386 g/mol. The predicted molar refractivity (Wildman–Crippen MR) is 105 cm³/mol. The highest BCUT2D eigenvalue weighted by atomic mass is 35.5. The van der Waals surface area contributed by atoms with Crippen LogP contribution in [0, 0.1) is 0 Å². The molecule has 5 nitrogen and oxygen atoms in total. The molecule has 1 aromatic carbocycles. The quantitative estimate of drug-likeness (QED) is 0.733. The van der Waals surface area contributed by atoms with E-state index in [1.165, 1.54) is 0 Å². The van der Waals surface area contributed by atoms with Gasteiger partial charge in [0, 0.05) is 42.3 Å². The van der Waals surface area contributed by atoms with Crippen molar-refractivity contribution in [1.82, 2.24) is 15.6 Å². The van der Waals surface area contributed by atoms with E-state index in [4.69, 9.17) is 11.6 Å². The third-order valence-electron chi connectivity index (χ3n) is 4.98. The zero-order chi connectivity index (χ0) is 19.1. The summed E-state index contributed by atoms with van der Waals surface area (Å²) in [5, 5.41) is 6.76. The molecular weight excluding hydrogens is 362 g/mol. The molecular formula is C21H24ClN3O2. The van der Waals surface area contributed by atoms with Crippen LogP contribution in [0.25, 0.3) is 0 Å². The minimum Gasteiger partial charge on any atom is -0.356 e. The highest BCUT2D eigenvalue weighted by Gasteiger charge is 2.37. The highest BCUT2D eigenvalue weighted by molar-refractivity contribution is 6.30. The molecule has 2 aromatic rings. The summed E-state index contributed by atoms with van der Waals surface area (Å²) in [6, 6.07) is 11.5. The summed E-state index contributed by atoms with van der Waals surface area (Å²) in [5.74, 6) is 0.0662. The average Bonchev–Trinajstić information content (AvgIpc) is 3.04. The Hall–Kier alpha value is -2.40. The van der Waals surface area contributed by atoms with E-state index in [-0.39, 0.29) is 17.4 Å². The van der Waals surface area contributed by atoms with Crippen LogP contribution in [0.1, 0.15) is 36.8 Å². The molecule has 2 heterocycles. The Morgan fingerprint density at radius 3 is 2.70 bits per heavy atom. The monoisotopic (exact) mass is 385 g/mol. The zero-order valence-electron chi connectivity index (χ0n) is 15.2. The van der Waals surface area contributed by atoms with E-state index in [9.17, 15) is 9.59 Å². The number of carbonyl (C=O) groups is 2. The van der Waals surface area contributed by atoms with Crippen molar-refractivity contribution in [2.45, 2.75) is 44.1 Å². The second-order valence-corrected chi connectivity index (χ2v) is 7.53. The van der Waals surface area contributed by atoms with Gasteiger partial charge < -0.3 is 10.6 Å². The molecule has 27 heavy (non-hydrogen) atoms. The van der Waals surface area contributed by atoms with Crippen molar-refractivity contribution >= 4 is 23.4 Å². The Labute approximate surface area is 164 Å². The molecule has 0 unspecified atom stereocenters. The first-order valence-electron chi connectivity index (χ1n) is 9.26. The van der Waals surface area contributed by atoms with Gasteiger partial charge in [-0.15, -0.1) is 0 Å². The maximum absolute atomic E-state index is 12.3. The molecule has 3 rings (SSSR count). The molecule has 2 N–H and O–H groups in total. The van der Waals surface area contributed by atoms with Crippen LogP contribution in [0.5, 0.6) is 0 Å². The summed E-state index contributed by atoms with van der Waals surface area (Å²) in [5.41, 5.74) is 1.85. The molecule has 0 saturated carbocycles. The Kier molecular flexibility index (Phi) is 6.45. The molecule has 142 valence electrons. The number of nitrogens with zero attached hydrogens (tertiary/aromatic N) is 1. The minimum absolute atomic E-state index is 0.00974. The summed E-state index contributed by atoms with van der Waals surface area (Å²) >= 11 is 5.96. The Balaban J connectivity index is 1.51. The number of hydrogen-bond acceptors (Lipinski definition) is 3. The van der Waals surface area contributed by atoms with Gasteiger partial charge in [-0.2, -0.15) is 0 Å². The van der Waals surface area contributed by atoms with E-state index in [2.05, 4.69) is 15.6 Å². The Morgan fingerprint density at radius 1 is 1.22 bits per heavy atom. The number of amides is 2. The number of aromatic nitrogens is 1. The maximum atomic E-state index is 12.3. The van der Waals surface area contributed by atoms with Gasteiger partial charge in [0.2, 0.25) is 11.8 Å². The fraction of sp³-hybridized carbons (Fsp3) is 0.381. The predicted octanol–water partition coefficient (Wildman–Crippen LogP) is 3.07. The van der Waals surface area contributed by atoms with Gasteiger partial charge in [0.25, 0.3) is 0 Å². The van der Waals surface area contributed by atoms with Gasteiger partial charge in [0.05, 0.1) is 0 Å². The Bertz CT molecular complexity index is 780. The van der Waals surface area contributed by atoms with Crippen molar-refractivity contribution < 1.29 is 9.59 Å². The molecule has 1 fully saturated rings. The lowest BCUT2D eigenvalue weighted by atomic mass is 9.85. The van der Waals surface area contributed by atoms with Crippen molar-refractivity contribution in [1.29, 1.82) is 0 Å². The van der Waals surface area contributed by atoms with Crippen LogP contribution in [-0.2, 0) is 22.4 Å². The number of benzene rings is 1. The maximum Gasteiger partial charge on any atom is 0.220 e. The van der Waals surface area contributed by atoms with Gasteiger partial charge in [0.15, 0.2) is 0 Å². The number of rotatable bonds is 8. The molecule has 0 radical (unpaired) electrons. The normalized spacial score (nSPS) is 18.9. The fourth-order valence-electron chi connectivity index (χ4n) is 3.51. The zero-order valence-corrected chi connectivity index (χ0v) is 16.0. The van der Waals surface area contributed by atoms with E-state index in [1.807, 2.05) is 36.4 Å². The van der Waals surface area contributed by atoms with Crippen LogP contribution in [0.4, 0.5) is 0 Å². The van der Waals surface area contributed by atoms with Crippen molar-refractivity contribution in [2.75, 3.05) is 6.54 Å². The smallest absolute Gasteiger partial charge is 0.220 e. The molecule has 6 heteroatoms. The largest absolute Gasteiger partial charge is 0.356 e. The topological polar surface area (TPSA) is 71.1 Å². The van der Waals surface area contributed by atoms with Gasteiger partial charge in [-0.25, -0.2) is 0 Å². The van der Waals surface area contributed by atoms with E-state index in [1.54, 1.807) is 12.4 Å². The van der Waals surface area contributed by atoms with Gasteiger partial charge in [-0.1, -0.05) is 29.8 Å². The first kappa shape index (κ1) is 19.4. The molecule has 0 bridgehead atoms. The van der Waals surface area contributed by atoms with Crippen molar-refractivity contribution in [3.05, 3.63) is 64.9 Å². The van der Waals surface area contributed by atoms with Crippen molar-refractivity contribution in [3.63, 3.8) is 0 Å². The summed E-state index contributed by atoms with van der Waals surface area (Å²) in [6.07, 6.45) is 7.28. The van der Waals surface area contributed by atoms with Crippen LogP contribution in [0.15, 0.2) is 48.8 Å². The molecule has 0 spiro atoms. The van der Waals surface area contributed by atoms with Gasteiger partial charge in [-0.3, -0.25) is 14.6 Å². The van der Waals surface area contributed by atoms with Crippen LogP contribution >= 0.6 is 11.6 Å². The minimum atomic E-state index is -0.356. The summed E-state index contributed by atoms with van der Waals surface area (Å²) < 4.78 is 0. The number of nitrogens with one attached hydrogen (secondary N) is 2. The van der Waals surface area contributed by atoms with Crippen molar-refractivity contribution in [3.8, 4) is 0 Å². The highest BCUT2D eigenvalue weighted by Crippen LogP contribution is 2.30. The van der Waals surface area contributed by atoms with Gasteiger partial charge in [-0.05, 0) is 55.0 Å². The summed E-state index contributed by atoms with van der Waals surface area (Å²) in [4.78, 5) is 28.2. The van der Waals surface area contributed by atoms with Crippen molar-refractivity contribution in [2.24, 2.45) is 0 Å². The van der Waals surface area contributed by atoms with Crippen LogP contribution in [0.3, 0.4) is 0 Å². The van der Waals surface area contributed by atoms with Crippen LogP contribution < -0.4 is 10.6 Å². The van der Waals surface area contributed by atoms with Gasteiger partial charge in [0.1, 0.15) is 0 Å². The SMILES string of the molecule is O=C(CC[C@]1(Cc2ccc(Cl)cc2)CCC(=O)N1)NCCc1cccnc1. The number of carbonyl (C=O) groups excluding carboxylic acids is 2. The van der Waals surface area contributed by atoms with Gasteiger partial charge >= 0.3 is 0 Å². The first-order valence-corrected chi connectivity index (χ1v) is 9.64. The molecule has 1 saturated heterocycles. The molecule has 1 aliphatic rings. The Morgan fingerprint density at radius 2 is 2.04 bits per heavy atom. The fourth-order valence-corrected chi connectivity index (χ4v) is 3.63. The van der Waals surface area contributed by atoms with Crippen LogP contribution in [-0.4, -0.2) is 28.9 Å². The third-order valence-corrected chi connectivity index (χ3v) is 5.23. The second kappa shape index (κ2) is 9.00. The molecule has 0 aliphatic carbocycles. The lowest BCUT2D eigenvalue weighted by Crippen LogP contribution is -2.44. The van der Waals surface area contributed by atoms with E-state index in [0.29, 0.717) is 37.3 Å². The third kappa shape index (κ3) is 5.79. The molecule has 1 aromatic heterocycles. The summed E-state index contributed by atoms with van der Waals surface area (Å²) in [6.45, 7) is 0.584. The molecule has 1 aliphatic heterocycles. The number of hydrogen-bond donors (Lipinski definition) is 2. The van der Waals surface area contributed by atoms with E-state index < -0.39 is 0 Å². The van der Waals surface area contributed by atoms with Crippen LogP contribution in [0.2, 0.25) is 5.02 Å².